The van der Waals surface area contributed by atoms with Crippen LogP contribution < -0.4 is 11.1 Å². The third kappa shape index (κ3) is 4.10. The number of primary amides is 1. The van der Waals surface area contributed by atoms with Gasteiger partial charge in [-0.1, -0.05) is 11.6 Å². The van der Waals surface area contributed by atoms with Crippen molar-refractivity contribution in [3.8, 4) is 6.07 Å². The van der Waals surface area contributed by atoms with Gasteiger partial charge in [0.25, 0.3) is 5.91 Å². The third-order valence-corrected chi connectivity index (χ3v) is 5.21. The van der Waals surface area contributed by atoms with E-state index in [9.17, 15) is 14.9 Å². The molecular formula is C19H20ClN5O3. The summed E-state index contributed by atoms with van der Waals surface area (Å²) in [4.78, 5) is 23.7. The molecule has 1 fully saturated rings. The van der Waals surface area contributed by atoms with Crippen molar-refractivity contribution in [2.45, 2.75) is 25.3 Å². The molecule has 0 saturated heterocycles. The zero-order valence-electron chi connectivity index (χ0n) is 15.3. The summed E-state index contributed by atoms with van der Waals surface area (Å²) in [7, 11) is 1.34. The number of halogens is 1. The van der Waals surface area contributed by atoms with Gasteiger partial charge < -0.3 is 15.8 Å². The molecule has 0 unspecified atom stereocenters. The number of amides is 1. The minimum Gasteiger partial charge on any atom is -0.469 e. The monoisotopic (exact) mass is 401 g/mol. The van der Waals surface area contributed by atoms with E-state index in [4.69, 9.17) is 22.1 Å². The van der Waals surface area contributed by atoms with Gasteiger partial charge in [-0.25, -0.2) is 0 Å². The van der Waals surface area contributed by atoms with Gasteiger partial charge in [0, 0.05) is 16.9 Å². The van der Waals surface area contributed by atoms with Crippen LogP contribution in [0.1, 0.15) is 35.7 Å². The summed E-state index contributed by atoms with van der Waals surface area (Å²) in [5.74, 6) is -1.35. The molecule has 1 aliphatic carbocycles. The normalized spacial score (nSPS) is 21.5. The number of hydrogen-bond donors (Lipinski definition) is 2. The molecular weight excluding hydrogens is 382 g/mol. The van der Waals surface area contributed by atoms with Gasteiger partial charge >= 0.3 is 5.97 Å². The van der Waals surface area contributed by atoms with Gasteiger partial charge in [0.15, 0.2) is 5.82 Å². The number of ether oxygens (including phenoxy) is 1. The molecule has 0 radical (unpaired) electrons. The van der Waals surface area contributed by atoms with E-state index in [0.717, 1.165) is 0 Å². The molecule has 0 aliphatic heterocycles. The second-order valence-electron chi connectivity index (χ2n) is 6.70. The van der Waals surface area contributed by atoms with Gasteiger partial charge in [0.1, 0.15) is 5.56 Å². The molecule has 1 aromatic carbocycles. The lowest BCUT2D eigenvalue weighted by molar-refractivity contribution is -0.147. The highest BCUT2D eigenvalue weighted by Gasteiger charge is 2.36. The van der Waals surface area contributed by atoms with Crippen LogP contribution in [0.15, 0.2) is 30.5 Å². The van der Waals surface area contributed by atoms with E-state index in [-0.39, 0.29) is 23.5 Å². The van der Waals surface area contributed by atoms with Crippen molar-refractivity contribution in [2.75, 3.05) is 12.4 Å². The van der Waals surface area contributed by atoms with Crippen LogP contribution in [0.4, 0.5) is 11.5 Å². The van der Waals surface area contributed by atoms with Crippen LogP contribution in [0.5, 0.6) is 0 Å². The van der Waals surface area contributed by atoms with Crippen molar-refractivity contribution < 1.29 is 14.3 Å². The number of aromatic nitrogens is 2. The third-order valence-electron chi connectivity index (χ3n) is 4.96. The summed E-state index contributed by atoms with van der Waals surface area (Å²) >= 11 is 5.89. The fourth-order valence-electron chi connectivity index (χ4n) is 3.49. The minimum atomic E-state index is -0.625. The first-order chi connectivity index (χ1) is 13.4. The summed E-state index contributed by atoms with van der Waals surface area (Å²) in [6, 6.07) is 8.93. The lowest BCUT2D eigenvalue weighted by Crippen LogP contribution is -2.31. The zero-order chi connectivity index (χ0) is 20.3. The van der Waals surface area contributed by atoms with Crippen molar-refractivity contribution in [3.05, 3.63) is 41.0 Å². The number of methoxy groups -OCH3 is 1. The number of nitrogens with one attached hydrogen (secondary N) is 1. The highest BCUT2D eigenvalue weighted by Crippen LogP contribution is 2.38. The van der Waals surface area contributed by atoms with Gasteiger partial charge in [-0.15, -0.1) is 0 Å². The molecule has 1 aliphatic rings. The van der Waals surface area contributed by atoms with Gasteiger partial charge in [0.05, 0.1) is 31.1 Å². The Kier molecular flexibility index (Phi) is 5.85. The molecule has 1 heterocycles. The molecule has 9 heteroatoms. The molecule has 3 N–H and O–H groups in total. The Balaban J connectivity index is 1.86. The zero-order valence-corrected chi connectivity index (χ0v) is 16.0. The van der Waals surface area contributed by atoms with Gasteiger partial charge in [-0.05, 0) is 43.5 Å². The summed E-state index contributed by atoms with van der Waals surface area (Å²) in [5.41, 5.74) is 6.42. The molecule has 28 heavy (non-hydrogen) atoms. The van der Waals surface area contributed by atoms with Gasteiger partial charge in [-0.3, -0.25) is 14.3 Å². The van der Waals surface area contributed by atoms with E-state index in [1.54, 1.807) is 35.1 Å². The lowest BCUT2D eigenvalue weighted by Gasteiger charge is -2.31. The molecule has 3 rings (SSSR count). The smallest absolute Gasteiger partial charge is 0.308 e. The van der Waals surface area contributed by atoms with Crippen LogP contribution in [-0.4, -0.2) is 28.8 Å². The van der Waals surface area contributed by atoms with Crippen molar-refractivity contribution >= 4 is 35.0 Å². The molecule has 1 amide bonds. The second-order valence-corrected chi connectivity index (χ2v) is 7.14. The standard InChI is InChI=1S/C19H20ClN5O3/c1-28-19(27)11-2-7-16(12(8-11)9-21)25-10-15(17(22)26)18(24-25)23-14-5-3-13(20)4-6-14/h3-6,10-12,16H,2,7-8H2,1H3,(H2,22,26)(H,23,24)/t11-,12+,16-/m1/s1. The Hall–Kier alpha value is -3.05. The van der Waals surface area contributed by atoms with Crippen LogP contribution in [0.3, 0.4) is 0 Å². The summed E-state index contributed by atoms with van der Waals surface area (Å²) in [6.07, 6.45) is 3.09. The predicted molar refractivity (Wildman–Crippen MR) is 103 cm³/mol. The number of nitrogens with zero attached hydrogens (tertiary/aromatic N) is 3. The van der Waals surface area contributed by atoms with Crippen molar-refractivity contribution in [3.63, 3.8) is 0 Å². The Labute approximate surface area is 167 Å². The van der Waals surface area contributed by atoms with Gasteiger partial charge in [-0.2, -0.15) is 10.4 Å². The highest BCUT2D eigenvalue weighted by atomic mass is 35.5. The Bertz CT molecular complexity index is 919. The van der Waals surface area contributed by atoms with E-state index in [0.29, 0.717) is 35.8 Å². The number of nitrogens with two attached hydrogens (primary N) is 1. The van der Waals surface area contributed by atoms with E-state index < -0.39 is 11.8 Å². The fraction of sp³-hybridized carbons (Fsp3) is 0.368. The van der Waals surface area contributed by atoms with Crippen molar-refractivity contribution in [2.24, 2.45) is 17.6 Å². The van der Waals surface area contributed by atoms with Crippen LogP contribution in [-0.2, 0) is 9.53 Å². The summed E-state index contributed by atoms with van der Waals surface area (Å²) in [6.45, 7) is 0. The van der Waals surface area contributed by atoms with Crippen LogP contribution in [0, 0.1) is 23.2 Å². The van der Waals surface area contributed by atoms with Crippen molar-refractivity contribution in [1.29, 1.82) is 5.26 Å². The topological polar surface area (TPSA) is 123 Å². The Morgan fingerprint density at radius 3 is 2.68 bits per heavy atom. The van der Waals surface area contributed by atoms with Crippen LogP contribution in [0.25, 0.3) is 0 Å². The number of nitriles is 1. The molecule has 0 spiro atoms. The molecule has 146 valence electrons. The fourth-order valence-corrected chi connectivity index (χ4v) is 3.62. The quantitative estimate of drug-likeness (QED) is 0.742. The minimum absolute atomic E-state index is 0.224. The Morgan fingerprint density at radius 2 is 2.07 bits per heavy atom. The van der Waals surface area contributed by atoms with E-state index in [2.05, 4.69) is 16.5 Å². The largest absolute Gasteiger partial charge is 0.469 e. The number of benzene rings is 1. The number of carbonyl (C=O) groups excluding carboxylic acids is 2. The maximum Gasteiger partial charge on any atom is 0.308 e. The SMILES string of the molecule is COC(=O)[C@@H]1CC[C@@H](n2cc(C(N)=O)c(Nc3ccc(Cl)cc3)n2)[C@H](C#N)C1. The average Bonchev–Trinajstić information content (AvgIpc) is 3.12. The first kappa shape index (κ1) is 19.7. The summed E-state index contributed by atoms with van der Waals surface area (Å²) < 4.78 is 6.40. The van der Waals surface area contributed by atoms with E-state index >= 15 is 0 Å². The molecule has 2 aromatic rings. The maximum atomic E-state index is 11.9. The molecule has 0 bridgehead atoms. The maximum absolute atomic E-state index is 11.9. The highest BCUT2D eigenvalue weighted by molar-refractivity contribution is 6.30. The number of anilines is 2. The molecule has 8 nitrogen and oxygen atoms in total. The van der Waals surface area contributed by atoms with Crippen molar-refractivity contribution in [1.82, 2.24) is 9.78 Å². The summed E-state index contributed by atoms with van der Waals surface area (Å²) in [5, 5.41) is 17.7. The Morgan fingerprint density at radius 1 is 1.36 bits per heavy atom. The number of hydrogen-bond acceptors (Lipinski definition) is 6. The van der Waals surface area contributed by atoms with E-state index in [1.807, 2.05) is 0 Å². The average molecular weight is 402 g/mol. The second kappa shape index (κ2) is 8.31. The van der Waals surface area contributed by atoms with E-state index in [1.165, 1.54) is 7.11 Å². The first-order valence-corrected chi connectivity index (χ1v) is 9.19. The van der Waals surface area contributed by atoms with Crippen LogP contribution in [0.2, 0.25) is 5.02 Å². The van der Waals surface area contributed by atoms with Crippen LogP contribution >= 0.6 is 11.6 Å². The lowest BCUT2D eigenvalue weighted by atomic mass is 9.78. The predicted octanol–water partition coefficient (Wildman–Crippen LogP) is 3.03. The number of carbonyl (C=O) groups is 2. The molecule has 1 aromatic heterocycles. The first-order valence-electron chi connectivity index (χ1n) is 8.82. The number of esters is 1. The molecule has 1 saturated carbocycles. The van der Waals surface area contributed by atoms with Gasteiger partial charge in [0.2, 0.25) is 0 Å². The molecule has 3 atom stereocenters. The number of rotatable bonds is 5.